The van der Waals surface area contributed by atoms with Crippen LogP contribution in [0.5, 0.6) is 0 Å². The van der Waals surface area contributed by atoms with Crippen molar-refractivity contribution in [3.63, 3.8) is 0 Å². The highest BCUT2D eigenvalue weighted by molar-refractivity contribution is 5.87. The topological polar surface area (TPSA) is 101 Å². The molecule has 1 saturated carbocycles. The van der Waals surface area contributed by atoms with Gasteiger partial charge >= 0.3 is 0 Å². The average molecular weight is 392 g/mol. The number of rotatable bonds is 5. The van der Waals surface area contributed by atoms with Crippen molar-refractivity contribution in [2.75, 3.05) is 12.3 Å². The Labute approximate surface area is 166 Å². The molecule has 0 radical (unpaired) electrons. The van der Waals surface area contributed by atoms with Crippen molar-refractivity contribution in [2.45, 2.75) is 31.8 Å². The van der Waals surface area contributed by atoms with Crippen molar-refractivity contribution in [3.05, 3.63) is 53.7 Å². The third-order valence-electron chi connectivity index (χ3n) is 5.77. The summed E-state index contributed by atoms with van der Waals surface area (Å²) in [5.74, 6) is 0.215. The predicted octanol–water partition coefficient (Wildman–Crippen LogP) is 2.59. The lowest BCUT2D eigenvalue weighted by Gasteiger charge is -2.16. The molecule has 7 nitrogen and oxygen atoms in total. The summed E-state index contributed by atoms with van der Waals surface area (Å²) in [6.07, 6.45) is 5.35. The molecule has 3 heterocycles. The van der Waals surface area contributed by atoms with Crippen molar-refractivity contribution in [1.82, 2.24) is 24.9 Å². The molecule has 8 heteroatoms. The van der Waals surface area contributed by atoms with Gasteiger partial charge in [-0.2, -0.15) is 9.61 Å². The maximum absolute atomic E-state index is 13.6. The maximum Gasteiger partial charge on any atom is 0.165 e. The van der Waals surface area contributed by atoms with Crippen LogP contribution in [0.15, 0.2) is 36.7 Å². The predicted molar refractivity (Wildman–Crippen MR) is 109 cm³/mol. The zero-order valence-electron chi connectivity index (χ0n) is 16.0. The number of fused-ring (bicyclic) bond motifs is 2. The van der Waals surface area contributed by atoms with E-state index in [0.717, 1.165) is 40.7 Å². The van der Waals surface area contributed by atoms with Gasteiger partial charge in [0.15, 0.2) is 5.65 Å². The number of hydrogen-bond donors (Lipinski definition) is 3. The van der Waals surface area contributed by atoms with Crippen LogP contribution < -0.4 is 11.1 Å². The number of aliphatic hydroxyl groups excluding tert-OH is 1. The van der Waals surface area contributed by atoms with Gasteiger partial charge in [0.1, 0.15) is 11.6 Å². The molecule has 0 unspecified atom stereocenters. The van der Waals surface area contributed by atoms with Crippen molar-refractivity contribution >= 4 is 22.4 Å². The highest BCUT2D eigenvalue weighted by Gasteiger charge is 2.41. The molecule has 0 amide bonds. The molecule has 4 aromatic rings. The Kier molecular flexibility index (Phi) is 4.01. The Balaban J connectivity index is 1.59. The van der Waals surface area contributed by atoms with Gasteiger partial charge in [-0.05, 0) is 44.0 Å². The monoisotopic (exact) mass is 392 g/mol. The minimum atomic E-state index is -0.305. The summed E-state index contributed by atoms with van der Waals surface area (Å²) in [6, 6.07) is 6.39. The van der Waals surface area contributed by atoms with Crippen LogP contribution in [0.1, 0.15) is 24.1 Å². The molecular weight excluding hydrogens is 371 g/mol. The SMILES string of the molecule is Cc1c(CNC2(CO)CC2)nc2c(-c3cnc4ccc(F)cc4c3)cnn2c1N. The molecule has 0 saturated heterocycles. The van der Waals surface area contributed by atoms with E-state index in [0.29, 0.717) is 23.4 Å². The largest absolute Gasteiger partial charge is 0.394 e. The van der Waals surface area contributed by atoms with Gasteiger partial charge in [-0.15, -0.1) is 0 Å². The molecule has 4 N–H and O–H groups in total. The van der Waals surface area contributed by atoms with E-state index in [2.05, 4.69) is 15.4 Å². The van der Waals surface area contributed by atoms with E-state index in [1.807, 2.05) is 13.0 Å². The third kappa shape index (κ3) is 3.01. The number of hydrogen-bond acceptors (Lipinski definition) is 6. The Morgan fingerprint density at radius 1 is 1.28 bits per heavy atom. The Morgan fingerprint density at radius 3 is 2.86 bits per heavy atom. The van der Waals surface area contributed by atoms with Gasteiger partial charge in [0, 0.05) is 40.4 Å². The second-order valence-corrected chi connectivity index (χ2v) is 7.72. The normalized spacial score (nSPS) is 15.3. The number of aliphatic hydroxyl groups is 1. The van der Waals surface area contributed by atoms with Crippen molar-refractivity contribution in [1.29, 1.82) is 0 Å². The molecule has 1 aliphatic rings. The first kappa shape index (κ1) is 18.0. The van der Waals surface area contributed by atoms with E-state index < -0.39 is 0 Å². The fourth-order valence-corrected chi connectivity index (χ4v) is 3.58. The zero-order valence-corrected chi connectivity index (χ0v) is 16.0. The van der Waals surface area contributed by atoms with Crippen LogP contribution in [0, 0.1) is 12.7 Å². The standard InChI is InChI=1S/C21H21FN6O/c1-12-18(10-25-21(11-29)4-5-21)27-20-16(9-26-28(20)19(12)23)14-6-13-7-15(22)2-3-17(13)24-8-14/h2-3,6-9,25,29H,4-5,10-11,23H2,1H3. The number of nitrogen functional groups attached to an aromatic ring is 1. The molecule has 1 aliphatic carbocycles. The lowest BCUT2D eigenvalue weighted by atomic mass is 10.1. The molecule has 5 rings (SSSR count). The van der Waals surface area contributed by atoms with Gasteiger partial charge in [-0.1, -0.05) is 0 Å². The van der Waals surface area contributed by atoms with E-state index in [1.165, 1.54) is 12.1 Å². The second kappa shape index (κ2) is 6.47. The summed E-state index contributed by atoms with van der Waals surface area (Å²) in [4.78, 5) is 9.24. The summed E-state index contributed by atoms with van der Waals surface area (Å²) in [6.45, 7) is 2.54. The van der Waals surface area contributed by atoms with Crippen LogP contribution in [0.2, 0.25) is 0 Å². The van der Waals surface area contributed by atoms with Gasteiger partial charge in [0.25, 0.3) is 0 Å². The number of halogens is 1. The molecule has 0 bridgehead atoms. The molecule has 0 spiro atoms. The van der Waals surface area contributed by atoms with Crippen molar-refractivity contribution in [2.24, 2.45) is 0 Å². The van der Waals surface area contributed by atoms with E-state index in [4.69, 9.17) is 10.7 Å². The third-order valence-corrected chi connectivity index (χ3v) is 5.77. The van der Waals surface area contributed by atoms with E-state index >= 15 is 0 Å². The Morgan fingerprint density at radius 2 is 2.10 bits per heavy atom. The number of nitrogens with zero attached hydrogens (tertiary/aromatic N) is 4. The minimum Gasteiger partial charge on any atom is -0.394 e. The molecular formula is C21H21FN6O. The summed E-state index contributed by atoms with van der Waals surface area (Å²) >= 11 is 0. The van der Waals surface area contributed by atoms with Crippen molar-refractivity contribution in [3.8, 4) is 11.1 Å². The maximum atomic E-state index is 13.6. The number of nitrogens with one attached hydrogen (secondary N) is 1. The number of benzene rings is 1. The first-order valence-electron chi connectivity index (χ1n) is 9.54. The Bertz CT molecular complexity index is 1250. The quantitative estimate of drug-likeness (QED) is 0.483. The lowest BCUT2D eigenvalue weighted by Crippen LogP contribution is -2.34. The van der Waals surface area contributed by atoms with Crippen LogP contribution in [-0.4, -0.2) is 36.8 Å². The van der Waals surface area contributed by atoms with Crippen LogP contribution >= 0.6 is 0 Å². The van der Waals surface area contributed by atoms with Gasteiger partial charge in [0.05, 0.1) is 24.0 Å². The fourth-order valence-electron chi connectivity index (χ4n) is 3.58. The molecule has 1 aromatic carbocycles. The van der Waals surface area contributed by atoms with Gasteiger partial charge in [-0.25, -0.2) is 9.37 Å². The molecule has 3 aromatic heterocycles. The van der Waals surface area contributed by atoms with Crippen LogP contribution in [-0.2, 0) is 6.54 Å². The number of aromatic nitrogens is 4. The van der Waals surface area contributed by atoms with Crippen LogP contribution in [0.4, 0.5) is 10.2 Å². The summed E-state index contributed by atoms with van der Waals surface area (Å²) in [5.41, 5.74) is 10.7. The average Bonchev–Trinajstić information content (AvgIpc) is 3.39. The minimum absolute atomic E-state index is 0.112. The Hall–Kier alpha value is -3.10. The highest BCUT2D eigenvalue weighted by Crippen LogP contribution is 2.35. The number of anilines is 1. The van der Waals surface area contributed by atoms with E-state index in [-0.39, 0.29) is 18.0 Å². The number of nitrogens with two attached hydrogens (primary N) is 1. The second-order valence-electron chi connectivity index (χ2n) is 7.72. The van der Waals surface area contributed by atoms with Gasteiger partial charge < -0.3 is 16.2 Å². The summed E-state index contributed by atoms with van der Waals surface area (Å²) in [5, 5.41) is 18.0. The summed E-state index contributed by atoms with van der Waals surface area (Å²) < 4.78 is 15.2. The van der Waals surface area contributed by atoms with E-state index in [1.54, 1.807) is 23.0 Å². The highest BCUT2D eigenvalue weighted by atomic mass is 19.1. The fraction of sp³-hybridized carbons (Fsp3) is 0.286. The first-order valence-corrected chi connectivity index (χ1v) is 9.54. The smallest absolute Gasteiger partial charge is 0.165 e. The summed E-state index contributed by atoms with van der Waals surface area (Å²) in [7, 11) is 0. The lowest BCUT2D eigenvalue weighted by molar-refractivity contribution is 0.229. The number of pyridine rings is 1. The van der Waals surface area contributed by atoms with Crippen molar-refractivity contribution < 1.29 is 9.50 Å². The molecule has 1 fully saturated rings. The molecule has 148 valence electrons. The molecule has 0 aliphatic heterocycles. The van der Waals surface area contributed by atoms with Gasteiger partial charge in [-0.3, -0.25) is 4.98 Å². The van der Waals surface area contributed by atoms with Crippen LogP contribution in [0.25, 0.3) is 27.7 Å². The van der Waals surface area contributed by atoms with E-state index in [9.17, 15) is 9.50 Å². The first-order chi connectivity index (χ1) is 14.0. The van der Waals surface area contributed by atoms with Gasteiger partial charge in [0.2, 0.25) is 0 Å². The molecule has 29 heavy (non-hydrogen) atoms. The molecule has 0 atom stereocenters. The van der Waals surface area contributed by atoms with Crippen LogP contribution in [0.3, 0.4) is 0 Å². The zero-order chi connectivity index (χ0) is 20.2.